The standard InChI is InChI=1S/C13H4ClF4NO/c14-8-11(17)9(15)7(10(16)12(8)18)13-19-5-3-1-2-4-6(5)20-13/h1-4H. The van der Waals surface area contributed by atoms with Crippen LogP contribution < -0.4 is 0 Å². The third kappa shape index (κ3) is 1.76. The van der Waals surface area contributed by atoms with Crippen molar-refractivity contribution in [2.24, 2.45) is 0 Å². The van der Waals surface area contributed by atoms with Crippen molar-refractivity contribution in [3.63, 3.8) is 0 Å². The zero-order chi connectivity index (χ0) is 14.4. The molecule has 0 amide bonds. The summed E-state index contributed by atoms with van der Waals surface area (Å²) in [6, 6.07) is 6.28. The van der Waals surface area contributed by atoms with E-state index in [0.717, 1.165) is 0 Å². The normalized spacial score (nSPS) is 11.2. The van der Waals surface area contributed by atoms with Gasteiger partial charge in [0, 0.05) is 0 Å². The molecule has 20 heavy (non-hydrogen) atoms. The molecule has 0 fully saturated rings. The van der Waals surface area contributed by atoms with Gasteiger partial charge < -0.3 is 4.42 Å². The maximum atomic E-state index is 13.8. The van der Waals surface area contributed by atoms with Gasteiger partial charge >= 0.3 is 0 Å². The van der Waals surface area contributed by atoms with Gasteiger partial charge in [-0.25, -0.2) is 22.5 Å². The highest BCUT2D eigenvalue weighted by atomic mass is 35.5. The topological polar surface area (TPSA) is 26.0 Å². The first-order chi connectivity index (χ1) is 9.50. The van der Waals surface area contributed by atoms with E-state index in [-0.39, 0.29) is 5.58 Å². The van der Waals surface area contributed by atoms with Crippen LogP contribution in [0.25, 0.3) is 22.6 Å². The number of fused-ring (bicyclic) bond motifs is 1. The highest BCUT2D eigenvalue weighted by Crippen LogP contribution is 2.35. The first kappa shape index (κ1) is 12.9. The van der Waals surface area contributed by atoms with Crippen LogP contribution in [-0.2, 0) is 0 Å². The first-order valence-electron chi connectivity index (χ1n) is 5.38. The Morgan fingerprint density at radius 3 is 2.10 bits per heavy atom. The second-order valence-corrected chi connectivity index (χ2v) is 4.31. The number of oxazole rings is 1. The lowest BCUT2D eigenvalue weighted by Crippen LogP contribution is -2.00. The Bertz CT molecular complexity index is 769. The van der Waals surface area contributed by atoms with Crippen LogP contribution in [0, 0.1) is 23.3 Å². The minimum Gasteiger partial charge on any atom is -0.436 e. The molecule has 3 aromatic rings. The van der Waals surface area contributed by atoms with E-state index in [1.807, 2.05) is 0 Å². The van der Waals surface area contributed by atoms with E-state index in [0.29, 0.717) is 5.52 Å². The molecule has 0 bridgehead atoms. The summed E-state index contributed by atoms with van der Waals surface area (Å²) in [5, 5.41) is -1.25. The second kappa shape index (κ2) is 4.49. The molecule has 0 unspecified atom stereocenters. The second-order valence-electron chi connectivity index (χ2n) is 3.93. The Kier molecular flexibility index (Phi) is 2.90. The van der Waals surface area contributed by atoms with Crippen LogP contribution in [0.5, 0.6) is 0 Å². The van der Waals surface area contributed by atoms with Crippen LogP contribution >= 0.6 is 11.6 Å². The molecule has 102 valence electrons. The van der Waals surface area contributed by atoms with Gasteiger partial charge in [0.25, 0.3) is 0 Å². The maximum absolute atomic E-state index is 13.8. The highest BCUT2D eigenvalue weighted by molar-refractivity contribution is 6.31. The summed E-state index contributed by atoms with van der Waals surface area (Å²) in [6.45, 7) is 0. The molecule has 0 radical (unpaired) electrons. The van der Waals surface area contributed by atoms with E-state index in [1.165, 1.54) is 12.1 Å². The lowest BCUT2D eigenvalue weighted by atomic mass is 10.1. The van der Waals surface area contributed by atoms with Gasteiger partial charge in [-0.3, -0.25) is 0 Å². The quantitative estimate of drug-likeness (QED) is 0.370. The van der Waals surface area contributed by atoms with Crippen molar-refractivity contribution in [3.05, 3.63) is 52.6 Å². The zero-order valence-corrected chi connectivity index (χ0v) is 10.3. The van der Waals surface area contributed by atoms with Gasteiger partial charge in [-0.15, -0.1) is 0 Å². The van der Waals surface area contributed by atoms with Crippen molar-refractivity contribution in [2.45, 2.75) is 0 Å². The van der Waals surface area contributed by atoms with E-state index >= 15 is 0 Å². The molecule has 1 aromatic heterocycles. The summed E-state index contributed by atoms with van der Waals surface area (Å²) in [5.74, 6) is -7.25. The number of halogens is 5. The fourth-order valence-corrected chi connectivity index (χ4v) is 1.94. The van der Waals surface area contributed by atoms with Crippen LogP contribution in [0.3, 0.4) is 0 Å². The fraction of sp³-hybridized carbons (Fsp3) is 0. The Labute approximate surface area is 114 Å². The van der Waals surface area contributed by atoms with E-state index in [9.17, 15) is 17.6 Å². The van der Waals surface area contributed by atoms with E-state index in [1.54, 1.807) is 12.1 Å². The number of benzene rings is 2. The van der Waals surface area contributed by atoms with Gasteiger partial charge in [0.2, 0.25) is 5.89 Å². The minimum atomic E-state index is -1.69. The summed E-state index contributed by atoms with van der Waals surface area (Å²) in [6.07, 6.45) is 0. The van der Waals surface area contributed by atoms with Crippen molar-refractivity contribution in [2.75, 3.05) is 0 Å². The summed E-state index contributed by atoms with van der Waals surface area (Å²) in [4.78, 5) is 3.79. The molecule has 0 aliphatic rings. The molecule has 0 saturated carbocycles. The number of para-hydroxylation sites is 2. The van der Waals surface area contributed by atoms with Gasteiger partial charge in [0.15, 0.2) is 28.9 Å². The number of hydrogen-bond acceptors (Lipinski definition) is 2. The van der Waals surface area contributed by atoms with Crippen molar-refractivity contribution in [3.8, 4) is 11.5 Å². The lowest BCUT2D eigenvalue weighted by molar-refractivity contribution is 0.452. The average molecular weight is 302 g/mol. The van der Waals surface area contributed by atoms with Crippen LogP contribution in [0.15, 0.2) is 28.7 Å². The van der Waals surface area contributed by atoms with Gasteiger partial charge in [0.1, 0.15) is 16.1 Å². The molecule has 0 saturated heterocycles. The molecular weight excluding hydrogens is 298 g/mol. The predicted molar refractivity (Wildman–Crippen MR) is 64.3 cm³/mol. The van der Waals surface area contributed by atoms with E-state index in [2.05, 4.69) is 4.98 Å². The molecular formula is C13H4ClF4NO. The first-order valence-corrected chi connectivity index (χ1v) is 5.76. The highest BCUT2D eigenvalue weighted by Gasteiger charge is 2.28. The SMILES string of the molecule is Fc1c(F)c(-c2nc3ccccc3o2)c(F)c(F)c1Cl. The molecule has 0 atom stereocenters. The number of hydrogen-bond donors (Lipinski definition) is 0. The number of rotatable bonds is 1. The molecule has 1 heterocycles. The molecule has 0 aliphatic heterocycles. The summed E-state index contributed by atoms with van der Waals surface area (Å²) in [5.41, 5.74) is -0.491. The van der Waals surface area contributed by atoms with Crippen molar-refractivity contribution >= 4 is 22.7 Å². The monoisotopic (exact) mass is 301 g/mol. The Morgan fingerprint density at radius 2 is 1.50 bits per heavy atom. The molecule has 2 nitrogen and oxygen atoms in total. The summed E-state index contributed by atoms with van der Waals surface area (Å²) >= 11 is 5.15. The van der Waals surface area contributed by atoms with Crippen molar-refractivity contribution < 1.29 is 22.0 Å². The third-order valence-corrected chi connectivity index (χ3v) is 3.05. The van der Waals surface area contributed by atoms with Crippen LogP contribution in [-0.4, -0.2) is 4.98 Å². The van der Waals surface area contributed by atoms with Gasteiger partial charge in [-0.1, -0.05) is 23.7 Å². The smallest absolute Gasteiger partial charge is 0.233 e. The van der Waals surface area contributed by atoms with Crippen molar-refractivity contribution in [1.29, 1.82) is 0 Å². The fourth-order valence-electron chi connectivity index (χ4n) is 1.77. The van der Waals surface area contributed by atoms with E-state index < -0.39 is 39.7 Å². The number of nitrogens with zero attached hydrogens (tertiary/aromatic N) is 1. The predicted octanol–water partition coefficient (Wildman–Crippen LogP) is 4.70. The van der Waals surface area contributed by atoms with E-state index in [4.69, 9.17) is 16.0 Å². The summed E-state index contributed by atoms with van der Waals surface area (Å²) < 4.78 is 59.4. The van der Waals surface area contributed by atoms with Gasteiger partial charge in [0.05, 0.1) is 0 Å². The van der Waals surface area contributed by atoms with Crippen LogP contribution in [0.2, 0.25) is 5.02 Å². The summed E-state index contributed by atoms with van der Waals surface area (Å²) in [7, 11) is 0. The Morgan fingerprint density at radius 1 is 0.900 bits per heavy atom. The largest absolute Gasteiger partial charge is 0.436 e. The molecule has 0 aliphatic carbocycles. The van der Waals surface area contributed by atoms with Gasteiger partial charge in [-0.05, 0) is 12.1 Å². The third-order valence-electron chi connectivity index (χ3n) is 2.72. The Balaban J connectivity index is 2.34. The van der Waals surface area contributed by atoms with Crippen molar-refractivity contribution in [1.82, 2.24) is 4.98 Å². The van der Waals surface area contributed by atoms with Gasteiger partial charge in [-0.2, -0.15) is 0 Å². The lowest BCUT2D eigenvalue weighted by Gasteiger charge is -2.05. The number of aromatic nitrogens is 1. The molecule has 7 heteroatoms. The molecule has 0 N–H and O–H groups in total. The zero-order valence-electron chi connectivity index (χ0n) is 9.55. The van der Waals surface area contributed by atoms with Crippen LogP contribution in [0.1, 0.15) is 0 Å². The minimum absolute atomic E-state index is 0.233. The maximum Gasteiger partial charge on any atom is 0.233 e. The molecule has 0 spiro atoms. The molecule has 2 aromatic carbocycles. The Hall–Kier alpha value is -2.08. The molecule has 3 rings (SSSR count). The average Bonchev–Trinajstić information content (AvgIpc) is 2.86. The van der Waals surface area contributed by atoms with Crippen LogP contribution in [0.4, 0.5) is 17.6 Å².